The summed E-state index contributed by atoms with van der Waals surface area (Å²) >= 11 is 0. The average Bonchev–Trinajstić information content (AvgIpc) is 2.62. The number of aryl methyl sites for hydroxylation is 1. The highest BCUT2D eigenvalue weighted by Crippen LogP contribution is 2.43. The van der Waals surface area contributed by atoms with Crippen LogP contribution in [-0.4, -0.2) is 31.0 Å². The van der Waals surface area contributed by atoms with Gasteiger partial charge in [0.2, 0.25) is 0 Å². The fourth-order valence-corrected chi connectivity index (χ4v) is 4.43. The Kier molecular flexibility index (Phi) is 5.52. The minimum absolute atomic E-state index is 0.0354. The van der Waals surface area contributed by atoms with Crippen molar-refractivity contribution in [2.45, 2.75) is 17.6 Å². The molecule has 0 heterocycles. The van der Waals surface area contributed by atoms with Crippen molar-refractivity contribution in [3.8, 4) is 5.75 Å². The number of nitrogens with zero attached hydrogens (tertiary/aromatic N) is 2. The Hall–Kier alpha value is -3.06. The third-order valence-corrected chi connectivity index (χ3v) is 5.90. The van der Waals surface area contributed by atoms with E-state index in [9.17, 15) is 31.0 Å². The molecule has 3 rings (SSSR count). The van der Waals surface area contributed by atoms with Crippen LogP contribution in [0.4, 0.5) is 17.1 Å². The molecule has 0 fully saturated rings. The van der Waals surface area contributed by atoms with E-state index in [0.29, 0.717) is 5.69 Å². The normalized spacial score (nSPS) is 12.6. The highest BCUT2D eigenvalue weighted by molar-refractivity contribution is 7.86. The molecule has 0 unspecified atom stereocenters. The molecular weight excluding hydrogens is 434 g/mol. The van der Waals surface area contributed by atoms with Gasteiger partial charge < -0.3 is 10.8 Å². The molecule has 0 atom stereocenters. The van der Waals surface area contributed by atoms with Crippen LogP contribution in [0.5, 0.6) is 5.75 Å². The lowest BCUT2D eigenvalue weighted by Crippen LogP contribution is -2.09. The average molecular weight is 451 g/mol. The van der Waals surface area contributed by atoms with E-state index in [1.54, 1.807) is 25.1 Å². The number of rotatable bonds is 5. The monoisotopic (exact) mass is 451 g/mol. The predicted octanol–water partition coefficient (Wildman–Crippen LogP) is 3.49. The summed E-state index contributed by atoms with van der Waals surface area (Å²) in [4.78, 5) is -0.864. The number of fused-ring (bicyclic) bond motifs is 1. The molecule has 0 aliphatic heterocycles. The lowest BCUT2D eigenvalue weighted by molar-refractivity contribution is 0.459. The Morgan fingerprint density at radius 1 is 1.00 bits per heavy atom. The van der Waals surface area contributed by atoms with Gasteiger partial charge in [-0.05, 0) is 36.1 Å². The van der Waals surface area contributed by atoms with Crippen LogP contribution >= 0.6 is 0 Å². The zero-order valence-electron chi connectivity index (χ0n) is 15.5. The van der Waals surface area contributed by atoms with E-state index >= 15 is 0 Å². The van der Waals surface area contributed by atoms with Crippen molar-refractivity contribution in [3.63, 3.8) is 0 Å². The van der Waals surface area contributed by atoms with Gasteiger partial charge in [0.15, 0.2) is 0 Å². The van der Waals surface area contributed by atoms with Crippen molar-refractivity contribution < 1.29 is 31.0 Å². The lowest BCUT2D eigenvalue weighted by Gasteiger charge is -2.14. The van der Waals surface area contributed by atoms with E-state index in [4.69, 9.17) is 5.73 Å². The van der Waals surface area contributed by atoms with Crippen LogP contribution in [0.25, 0.3) is 10.8 Å². The molecule has 0 radical (unpaired) electrons. The first kappa shape index (κ1) is 21.6. The zero-order valence-corrected chi connectivity index (χ0v) is 17.1. The summed E-state index contributed by atoms with van der Waals surface area (Å²) in [7, 11) is -9.68. The molecule has 0 amide bonds. The maximum absolute atomic E-state index is 11.7. The maximum atomic E-state index is 11.7. The summed E-state index contributed by atoms with van der Waals surface area (Å²) in [5.41, 5.74) is 6.61. The number of azo groups is 1. The largest absolute Gasteiger partial charge is 0.507 e. The smallest absolute Gasteiger partial charge is 0.294 e. The molecule has 0 aliphatic rings. The zero-order chi connectivity index (χ0) is 22.3. The van der Waals surface area contributed by atoms with Crippen molar-refractivity contribution in [3.05, 3.63) is 53.6 Å². The standard InChI is InChI=1S/C18H17N3O7S2/c1-10-4-2-3-5-14(10)20-21-17-13(19)7-6-11-8-15(30(26,27)28)12(9-29(23,24)25)18(22)16(11)17/h2-8,22H,9,19H2,1H3,(H,23,24,25)(H,26,27,28). The van der Waals surface area contributed by atoms with E-state index in [2.05, 4.69) is 10.2 Å². The molecule has 0 saturated carbocycles. The molecule has 30 heavy (non-hydrogen) atoms. The number of nitrogen functional groups attached to an aromatic ring is 1. The lowest BCUT2D eigenvalue weighted by atomic mass is 10.0. The summed E-state index contributed by atoms with van der Waals surface area (Å²) in [6, 6.07) is 10.8. The van der Waals surface area contributed by atoms with Crippen LogP contribution in [0.2, 0.25) is 0 Å². The van der Waals surface area contributed by atoms with Gasteiger partial charge in [0.25, 0.3) is 20.2 Å². The summed E-state index contributed by atoms with van der Waals surface area (Å²) in [6.45, 7) is 1.81. The first-order chi connectivity index (χ1) is 13.9. The molecule has 12 heteroatoms. The second-order valence-electron chi connectivity index (χ2n) is 6.49. The van der Waals surface area contributed by atoms with E-state index in [0.717, 1.165) is 11.6 Å². The number of benzene rings is 3. The van der Waals surface area contributed by atoms with Crippen LogP contribution in [0.15, 0.2) is 57.6 Å². The Morgan fingerprint density at radius 2 is 1.67 bits per heavy atom. The number of phenols is 1. The van der Waals surface area contributed by atoms with Gasteiger partial charge in [0, 0.05) is 5.56 Å². The van der Waals surface area contributed by atoms with Crippen molar-refractivity contribution in [2.75, 3.05) is 5.73 Å². The van der Waals surface area contributed by atoms with E-state index < -0.39 is 42.2 Å². The highest BCUT2D eigenvalue weighted by atomic mass is 32.2. The number of anilines is 1. The van der Waals surface area contributed by atoms with Crippen molar-refractivity contribution in [2.24, 2.45) is 10.2 Å². The second kappa shape index (κ2) is 7.65. The van der Waals surface area contributed by atoms with Gasteiger partial charge in [-0.2, -0.15) is 21.9 Å². The molecule has 0 saturated heterocycles. The van der Waals surface area contributed by atoms with Gasteiger partial charge in [-0.1, -0.05) is 24.3 Å². The Balaban J connectivity index is 2.36. The number of aromatic hydroxyl groups is 1. The molecule has 5 N–H and O–H groups in total. The minimum atomic E-state index is -4.92. The van der Waals surface area contributed by atoms with Gasteiger partial charge in [0.1, 0.15) is 22.1 Å². The number of phenolic OH excluding ortho intramolecular Hbond substituents is 1. The topological polar surface area (TPSA) is 180 Å². The molecule has 0 bridgehead atoms. The van der Waals surface area contributed by atoms with E-state index in [1.165, 1.54) is 12.1 Å². The van der Waals surface area contributed by atoms with Crippen molar-refractivity contribution in [1.82, 2.24) is 0 Å². The number of hydrogen-bond acceptors (Lipinski definition) is 8. The summed E-state index contributed by atoms with van der Waals surface area (Å²) in [6.07, 6.45) is 0. The Morgan fingerprint density at radius 3 is 2.27 bits per heavy atom. The number of hydrogen-bond donors (Lipinski definition) is 4. The van der Waals surface area contributed by atoms with E-state index in [1.807, 2.05) is 6.07 Å². The van der Waals surface area contributed by atoms with Gasteiger partial charge in [-0.3, -0.25) is 9.11 Å². The van der Waals surface area contributed by atoms with Gasteiger partial charge in [-0.25, -0.2) is 0 Å². The molecule has 0 aromatic heterocycles. The van der Waals surface area contributed by atoms with Crippen LogP contribution in [-0.2, 0) is 26.0 Å². The van der Waals surface area contributed by atoms with Crippen LogP contribution in [0.3, 0.4) is 0 Å². The van der Waals surface area contributed by atoms with Crippen molar-refractivity contribution in [1.29, 1.82) is 0 Å². The van der Waals surface area contributed by atoms with Gasteiger partial charge in [-0.15, -0.1) is 5.11 Å². The molecule has 0 spiro atoms. The predicted molar refractivity (Wildman–Crippen MR) is 110 cm³/mol. The van der Waals surface area contributed by atoms with Crippen molar-refractivity contribution >= 4 is 48.1 Å². The highest BCUT2D eigenvalue weighted by Gasteiger charge is 2.26. The van der Waals surface area contributed by atoms with Crippen LogP contribution in [0.1, 0.15) is 11.1 Å². The summed E-state index contributed by atoms with van der Waals surface area (Å²) < 4.78 is 64.9. The molecular formula is C18H17N3O7S2. The third kappa shape index (κ3) is 4.41. The van der Waals surface area contributed by atoms with Gasteiger partial charge >= 0.3 is 0 Å². The Labute approximate surface area is 172 Å². The second-order valence-corrected chi connectivity index (χ2v) is 9.33. The first-order valence-electron chi connectivity index (χ1n) is 8.35. The minimum Gasteiger partial charge on any atom is -0.507 e. The van der Waals surface area contributed by atoms with Crippen LogP contribution in [0, 0.1) is 6.92 Å². The van der Waals surface area contributed by atoms with Gasteiger partial charge in [0.05, 0.1) is 16.8 Å². The SMILES string of the molecule is Cc1ccccc1N=Nc1c(N)ccc2cc(S(=O)(=O)O)c(CS(=O)(=O)O)c(O)c12. The maximum Gasteiger partial charge on any atom is 0.294 e. The fraction of sp³-hybridized carbons (Fsp3) is 0.111. The summed E-state index contributed by atoms with van der Waals surface area (Å²) in [5, 5.41) is 18.9. The fourth-order valence-electron chi connectivity index (χ4n) is 2.93. The molecule has 158 valence electrons. The molecule has 0 aliphatic carbocycles. The quantitative estimate of drug-likeness (QED) is 0.258. The molecule has 3 aromatic carbocycles. The Bertz CT molecular complexity index is 1400. The third-order valence-electron chi connectivity index (χ3n) is 4.33. The molecule has 10 nitrogen and oxygen atoms in total. The summed E-state index contributed by atoms with van der Waals surface area (Å²) in [5.74, 6) is -2.07. The number of nitrogens with two attached hydrogens (primary N) is 1. The molecule has 3 aromatic rings. The van der Waals surface area contributed by atoms with Crippen LogP contribution < -0.4 is 5.73 Å². The van der Waals surface area contributed by atoms with E-state index in [-0.39, 0.29) is 22.1 Å². The first-order valence-corrected chi connectivity index (χ1v) is 11.4.